The lowest BCUT2D eigenvalue weighted by atomic mass is 10.2. The fourth-order valence-electron chi connectivity index (χ4n) is 1.27. The highest BCUT2D eigenvalue weighted by Gasteiger charge is 2.18. The van der Waals surface area contributed by atoms with E-state index in [4.69, 9.17) is 22.4 Å². The zero-order chi connectivity index (χ0) is 13.2. The molecule has 0 spiro atoms. The van der Waals surface area contributed by atoms with Crippen molar-refractivity contribution in [2.45, 2.75) is 24.8 Å². The van der Waals surface area contributed by atoms with Crippen LogP contribution in [0.4, 0.5) is 5.69 Å². The Morgan fingerprint density at radius 2 is 2.12 bits per heavy atom. The average molecular weight is 279 g/mol. The predicted octanol–water partition coefficient (Wildman–Crippen LogP) is 0.890. The summed E-state index contributed by atoms with van der Waals surface area (Å²) in [5, 5.41) is 9.37. The number of aliphatic hydroxyl groups excluding tert-OH is 1. The van der Waals surface area contributed by atoms with Gasteiger partial charge in [-0.1, -0.05) is 11.6 Å². The Kier molecular flexibility index (Phi) is 4.37. The molecule has 0 aromatic heterocycles. The molecule has 0 aliphatic rings. The van der Waals surface area contributed by atoms with Gasteiger partial charge in [0.25, 0.3) is 0 Å². The maximum absolute atomic E-state index is 11.9. The van der Waals surface area contributed by atoms with Crippen LogP contribution in [0.2, 0.25) is 5.02 Å². The van der Waals surface area contributed by atoms with Crippen LogP contribution in [0.15, 0.2) is 17.0 Å². The number of aryl methyl sites for hydroxylation is 1. The number of hydrogen-bond acceptors (Lipinski definition) is 4. The van der Waals surface area contributed by atoms with Crippen LogP contribution >= 0.6 is 11.6 Å². The number of anilines is 1. The van der Waals surface area contributed by atoms with Gasteiger partial charge in [-0.15, -0.1) is 0 Å². The predicted molar refractivity (Wildman–Crippen MR) is 67.5 cm³/mol. The van der Waals surface area contributed by atoms with Gasteiger partial charge in [0.2, 0.25) is 10.0 Å². The Hall–Kier alpha value is -0.820. The smallest absolute Gasteiger partial charge is 0.240 e. The number of benzene rings is 1. The molecule has 4 N–H and O–H groups in total. The molecule has 0 fully saturated rings. The van der Waals surface area contributed by atoms with Crippen LogP contribution in [0.1, 0.15) is 12.5 Å². The summed E-state index contributed by atoms with van der Waals surface area (Å²) in [5.41, 5.74) is 6.27. The monoisotopic (exact) mass is 278 g/mol. The lowest BCUT2D eigenvalue weighted by molar-refractivity contribution is 0.198. The number of sulfonamides is 1. The second-order valence-corrected chi connectivity index (χ2v) is 5.98. The zero-order valence-electron chi connectivity index (χ0n) is 9.57. The van der Waals surface area contributed by atoms with E-state index in [1.165, 1.54) is 19.1 Å². The molecular formula is C10H15ClN2O3S. The minimum atomic E-state index is -3.67. The molecule has 0 saturated heterocycles. The number of halogens is 1. The van der Waals surface area contributed by atoms with E-state index in [9.17, 15) is 8.42 Å². The molecule has 0 amide bonds. The highest BCUT2D eigenvalue weighted by molar-refractivity contribution is 7.89. The lowest BCUT2D eigenvalue weighted by Gasteiger charge is -2.11. The van der Waals surface area contributed by atoms with Crippen molar-refractivity contribution in [2.24, 2.45) is 0 Å². The van der Waals surface area contributed by atoms with E-state index in [-0.39, 0.29) is 17.1 Å². The van der Waals surface area contributed by atoms with E-state index in [1.54, 1.807) is 6.92 Å². The molecule has 0 aliphatic heterocycles. The van der Waals surface area contributed by atoms with Crippen molar-refractivity contribution in [1.29, 1.82) is 0 Å². The Labute approximate surface area is 106 Å². The van der Waals surface area contributed by atoms with Crippen molar-refractivity contribution in [1.82, 2.24) is 4.72 Å². The SMILES string of the molecule is Cc1cc(Cl)c(N)cc1S(=O)(=O)NCC(C)O. The van der Waals surface area contributed by atoms with Crippen LogP contribution in [0, 0.1) is 6.92 Å². The summed E-state index contributed by atoms with van der Waals surface area (Å²) < 4.78 is 26.1. The fraction of sp³-hybridized carbons (Fsp3) is 0.400. The van der Waals surface area contributed by atoms with Gasteiger partial charge in [0, 0.05) is 6.54 Å². The molecule has 1 atom stereocenters. The third-order valence-corrected chi connectivity index (χ3v) is 4.05. The van der Waals surface area contributed by atoms with Gasteiger partial charge in [0.1, 0.15) is 0 Å². The van der Waals surface area contributed by atoms with Crippen LogP contribution in [-0.2, 0) is 10.0 Å². The maximum Gasteiger partial charge on any atom is 0.240 e. The van der Waals surface area contributed by atoms with Gasteiger partial charge >= 0.3 is 0 Å². The van der Waals surface area contributed by atoms with Crippen LogP contribution in [0.3, 0.4) is 0 Å². The number of hydrogen-bond donors (Lipinski definition) is 3. The highest BCUT2D eigenvalue weighted by atomic mass is 35.5. The van der Waals surface area contributed by atoms with Crippen molar-refractivity contribution in [3.05, 3.63) is 22.7 Å². The summed E-state index contributed by atoms with van der Waals surface area (Å²) >= 11 is 5.78. The Morgan fingerprint density at radius 3 is 2.65 bits per heavy atom. The van der Waals surface area contributed by atoms with E-state index in [1.807, 2.05) is 0 Å². The largest absolute Gasteiger partial charge is 0.397 e. The molecule has 0 saturated carbocycles. The molecule has 0 radical (unpaired) electrons. The Morgan fingerprint density at radius 1 is 1.53 bits per heavy atom. The summed E-state index contributed by atoms with van der Waals surface area (Å²) in [6.07, 6.45) is -0.755. The molecule has 7 heteroatoms. The second kappa shape index (κ2) is 5.22. The first kappa shape index (κ1) is 14.2. The van der Waals surface area contributed by atoms with Crippen LogP contribution in [0.5, 0.6) is 0 Å². The summed E-state index contributed by atoms with van der Waals surface area (Å²) in [6, 6.07) is 2.80. The fourth-order valence-corrected chi connectivity index (χ4v) is 2.87. The molecule has 96 valence electrons. The number of nitrogen functional groups attached to an aromatic ring is 1. The van der Waals surface area contributed by atoms with E-state index in [2.05, 4.69) is 4.72 Å². The molecule has 17 heavy (non-hydrogen) atoms. The van der Waals surface area contributed by atoms with Gasteiger partial charge < -0.3 is 10.8 Å². The maximum atomic E-state index is 11.9. The normalized spacial score (nSPS) is 13.6. The minimum absolute atomic E-state index is 0.0513. The quantitative estimate of drug-likeness (QED) is 0.713. The molecule has 1 rings (SSSR count). The van der Waals surface area contributed by atoms with Crippen molar-refractivity contribution < 1.29 is 13.5 Å². The van der Waals surface area contributed by atoms with E-state index < -0.39 is 16.1 Å². The molecule has 1 unspecified atom stereocenters. The van der Waals surface area contributed by atoms with E-state index in [0.717, 1.165) is 0 Å². The van der Waals surface area contributed by atoms with Gasteiger partial charge in [0.05, 0.1) is 21.7 Å². The molecule has 1 aromatic rings. The first-order valence-corrected chi connectivity index (χ1v) is 6.83. The third-order valence-electron chi connectivity index (χ3n) is 2.15. The number of rotatable bonds is 4. The van der Waals surface area contributed by atoms with E-state index in [0.29, 0.717) is 10.6 Å². The number of nitrogens with one attached hydrogen (secondary N) is 1. The molecular weight excluding hydrogens is 264 g/mol. The van der Waals surface area contributed by atoms with Crippen molar-refractivity contribution in [3.8, 4) is 0 Å². The van der Waals surface area contributed by atoms with Gasteiger partial charge in [-0.3, -0.25) is 0 Å². The van der Waals surface area contributed by atoms with Crippen molar-refractivity contribution in [3.63, 3.8) is 0 Å². The van der Waals surface area contributed by atoms with Crippen molar-refractivity contribution >= 4 is 27.3 Å². The highest BCUT2D eigenvalue weighted by Crippen LogP contribution is 2.25. The molecule has 0 heterocycles. The van der Waals surface area contributed by atoms with Gasteiger partial charge in [-0.25, -0.2) is 13.1 Å². The second-order valence-electron chi connectivity index (χ2n) is 3.84. The summed E-state index contributed by atoms with van der Waals surface area (Å²) in [7, 11) is -3.67. The first-order chi connectivity index (χ1) is 7.74. The first-order valence-electron chi connectivity index (χ1n) is 4.97. The molecule has 0 bridgehead atoms. The van der Waals surface area contributed by atoms with Gasteiger partial charge in [-0.05, 0) is 31.5 Å². The van der Waals surface area contributed by atoms with Gasteiger partial charge in [-0.2, -0.15) is 0 Å². The lowest BCUT2D eigenvalue weighted by Crippen LogP contribution is -2.31. The number of nitrogens with two attached hydrogens (primary N) is 1. The number of aliphatic hydroxyl groups is 1. The van der Waals surface area contributed by atoms with Crippen LogP contribution in [0.25, 0.3) is 0 Å². The standard InChI is InChI=1S/C10H15ClN2O3S/c1-6-3-8(11)9(12)4-10(6)17(15,16)13-5-7(2)14/h3-4,7,13-14H,5,12H2,1-2H3. The van der Waals surface area contributed by atoms with Crippen molar-refractivity contribution in [2.75, 3.05) is 12.3 Å². The van der Waals surface area contributed by atoms with Crippen LogP contribution in [-0.4, -0.2) is 26.2 Å². The van der Waals surface area contributed by atoms with Crippen LogP contribution < -0.4 is 10.5 Å². The average Bonchev–Trinajstić information content (AvgIpc) is 2.20. The summed E-state index contributed by atoms with van der Waals surface area (Å²) in [4.78, 5) is 0.0695. The van der Waals surface area contributed by atoms with E-state index >= 15 is 0 Å². The Bertz CT molecular complexity index is 515. The molecule has 1 aromatic carbocycles. The summed E-state index contributed by atoms with van der Waals surface area (Å²) in [6.45, 7) is 3.07. The van der Waals surface area contributed by atoms with Gasteiger partial charge in [0.15, 0.2) is 0 Å². The summed E-state index contributed by atoms with van der Waals surface area (Å²) in [5.74, 6) is 0. The molecule has 5 nitrogen and oxygen atoms in total. The third kappa shape index (κ3) is 3.57. The minimum Gasteiger partial charge on any atom is -0.397 e. The zero-order valence-corrected chi connectivity index (χ0v) is 11.1. The molecule has 0 aliphatic carbocycles. The Balaban J connectivity index is 3.11. The topological polar surface area (TPSA) is 92.4 Å².